The largest absolute Gasteiger partial charge is 0.380 e. The molecule has 0 spiro atoms. The summed E-state index contributed by atoms with van der Waals surface area (Å²) in [5.74, 6) is -0.230. The first kappa shape index (κ1) is 15.2. The van der Waals surface area contributed by atoms with Gasteiger partial charge in [0.15, 0.2) is 0 Å². The molecular formula is C16H17BrFNO. The van der Waals surface area contributed by atoms with E-state index in [0.717, 1.165) is 17.7 Å². The Labute approximate surface area is 127 Å². The second kappa shape index (κ2) is 7.53. The van der Waals surface area contributed by atoms with Crippen LogP contribution in [0.4, 0.5) is 4.39 Å². The predicted molar refractivity (Wildman–Crippen MR) is 81.8 cm³/mol. The van der Waals surface area contributed by atoms with E-state index in [2.05, 4.69) is 33.4 Å². The van der Waals surface area contributed by atoms with Crippen molar-refractivity contribution < 1.29 is 9.13 Å². The van der Waals surface area contributed by atoms with E-state index in [1.165, 1.54) is 5.56 Å². The van der Waals surface area contributed by atoms with Gasteiger partial charge >= 0.3 is 0 Å². The second-order valence-electron chi connectivity index (χ2n) is 4.60. The lowest BCUT2D eigenvalue weighted by Crippen LogP contribution is -2.13. The molecule has 0 saturated carbocycles. The smallest absolute Gasteiger partial charge is 0.137 e. The fourth-order valence-electron chi connectivity index (χ4n) is 2.00. The number of methoxy groups -OCH3 is 1. The highest BCUT2D eigenvalue weighted by atomic mass is 79.9. The lowest BCUT2D eigenvalue weighted by Gasteiger charge is -2.07. The fraction of sp³-hybridized carbons (Fsp3) is 0.250. The number of halogens is 2. The lowest BCUT2D eigenvalue weighted by molar-refractivity contribution is 0.185. The van der Waals surface area contributed by atoms with Crippen LogP contribution in [0, 0.1) is 5.82 Å². The van der Waals surface area contributed by atoms with Gasteiger partial charge in [-0.25, -0.2) is 4.39 Å². The lowest BCUT2D eigenvalue weighted by atomic mass is 10.1. The van der Waals surface area contributed by atoms with E-state index in [0.29, 0.717) is 17.6 Å². The number of hydrogen-bond donors (Lipinski definition) is 1. The van der Waals surface area contributed by atoms with E-state index in [-0.39, 0.29) is 5.82 Å². The molecule has 0 saturated heterocycles. The zero-order valence-corrected chi connectivity index (χ0v) is 12.9. The van der Waals surface area contributed by atoms with Gasteiger partial charge in [-0.1, -0.05) is 30.3 Å². The first-order valence-electron chi connectivity index (χ1n) is 6.40. The van der Waals surface area contributed by atoms with Gasteiger partial charge in [0, 0.05) is 20.2 Å². The standard InChI is InChI=1S/C16H17BrFNO/c1-20-11-14-4-2-3-12(7-14)9-19-10-13-5-6-15(17)16(18)8-13/h2-8,19H,9-11H2,1H3. The van der Waals surface area contributed by atoms with Gasteiger partial charge in [-0.3, -0.25) is 0 Å². The fourth-order valence-corrected chi connectivity index (χ4v) is 2.24. The summed E-state index contributed by atoms with van der Waals surface area (Å²) >= 11 is 3.15. The minimum atomic E-state index is -0.230. The van der Waals surface area contributed by atoms with Crippen molar-refractivity contribution in [3.05, 3.63) is 69.4 Å². The maximum atomic E-state index is 13.4. The quantitative estimate of drug-likeness (QED) is 0.859. The Bertz CT molecular complexity index is 574. The first-order chi connectivity index (χ1) is 9.69. The Kier molecular flexibility index (Phi) is 5.71. The highest BCUT2D eigenvalue weighted by Crippen LogP contribution is 2.16. The summed E-state index contributed by atoms with van der Waals surface area (Å²) in [4.78, 5) is 0. The van der Waals surface area contributed by atoms with E-state index in [9.17, 15) is 4.39 Å². The molecule has 0 bridgehead atoms. The van der Waals surface area contributed by atoms with Gasteiger partial charge in [-0.2, -0.15) is 0 Å². The van der Waals surface area contributed by atoms with Crippen LogP contribution in [0.15, 0.2) is 46.9 Å². The van der Waals surface area contributed by atoms with Crippen molar-refractivity contribution in [3.63, 3.8) is 0 Å². The summed E-state index contributed by atoms with van der Waals surface area (Å²) in [6.07, 6.45) is 0. The molecule has 0 aliphatic heterocycles. The van der Waals surface area contributed by atoms with Crippen molar-refractivity contribution in [2.75, 3.05) is 7.11 Å². The molecule has 0 heterocycles. The minimum absolute atomic E-state index is 0.230. The molecule has 2 aromatic rings. The molecule has 0 aliphatic carbocycles. The molecule has 0 aromatic heterocycles. The Balaban J connectivity index is 1.89. The predicted octanol–water partition coefficient (Wildman–Crippen LogP) is 4.02. The molecule has 0 unspecified atom stereocenters. The zero-order valence-electron chi connectivity index (χ0n) is 11.3. The van der Waals surface area contributed by atoms with Gasteiger partial charge in [-0.15, -0.1) is 0 Å². The number of benzene rings is 2. The topological polar surface area (TPSA) is 21.3 Å². The van der Waals surface area contributed by atoms with Gasteiger partial charge in [-0.05, 0) is 44.8 Å². The van der Waals surface area contributed by atoms with Gasteiger partial charge in [0.25, 0.3) is 0 Å². The molecule has 0 aliphatic rings. The summed E-state index contributed by atoms with van der Waals surface area (Å²) in [6, 6.07) is 13.4. The van der Waals surface area contributed by atoms with E-state index in [1.54, 1.807) is 19.2 Å². The molecule has 0 atom stereocenters. The molecular weight excluding hydrogens is 321 g/mol. The van der Waals surface area contributed by atoms with Gasteiger partial charge < -0.3 is 10.1 Å². The molecule has 2 rings (SSSR count). The van der Waals surface area contributed by atoms with E-state index in [1.807, 2.05) is 18.2 Å². The Hall–Kier alpha value is -1.23. The Morgan fingerprint density at radius 1 is 1.05 bits per heavy atom. The van der Waals surface area contributed by atoms with Crippen LogP contribution in [0.3, 0.4) is 0 Å². The van der Waals surface area contributed by atoms with Crippen LogP contribution in [-0.2, 0) is 24.4 Å². The minimum Gasteiger partial charge on any atom is -0.380 e. The van der Waals surface area contributed by atoms with Gasteiger partial charge in [0.1, 0.15) is 5.82 Å². The van der Waals surface area contributed by atoms with Crippen LogP contribution >= 0.6 is 15.9 Å². The molecule has 106 valence electrons. The van der Waals surface area contributed by atoms with Crippen molar-refractivity contribution >= 4 is 15.9 Å². The SMILES string of the molecule is COCc1cccc(CNCc2ccc(Br)c(F)c2)c1. The molecule has 20 heavy (non-hydrogen) atoms. The van der Waals surface area contributed by atoms with Crippen molar-refractivity contribution in [3.8, 4) is 0 Å². The maximum Gasteiger partial charge on any atom is 0.137 e. The van der Waals surface area contributed by atoms with Crippen LogP contribution in [0.25, 0.3) is 0 Å². The molecule has 0 fully saturated rings. The van der Waals surface area contributed by atoms with E-state index in [4.69, 9.17) is 4.74 Å². The Morgan fingerprint density at radius 2 is 1.75 bits per heavy atom. The second-order valence-corrected chi connectivity index (χ2v) is 5.46. The summed E-state index contributed by atoms with van der Waals surface area (Å²) in [7, 11) is 1.69. The highest BCUT2D eigenvalue weighted by Gasteiger charge is 2.01. The normalized spacial score (nSPS) is 10.8. The van der Waals surface area contributed by atoms with Gasteiger partial charge in [0.05, 0.1) is 11.1 Å². The molecule has 2 nitrogen and oxygen atoms in total. The zero-order chi connectivity index (χ0) is 14.4. The van der Waals surface area contributed by atoms with E-state index < -0.39 is 0 Å². The monoisotopic (exact) mass is 337 g/mol. The van der Waals surface area contributed by atoms with Crippen molar-refractivity contribution in [2.24, 2.45) is 0 Å². The summed E-state index contributed by atoms with van der Waals surface area (Å²) < 4.78 is 19.0. The third kappa shape index (κ3) is 4.40. The van der Waals surface area contributed by atoms with Crippen LogP contribution in [0.5, 0.6) is 0 Å². The average molecular weight is 338 g/mol. The van der Waals surface area contributed by atoms with Crippen LogP contribution < -0.4 is 5.32 Å². The van der Waals surface area contributed by atoms with Gasteiger partial charge in [0.2, 0.25) is 0 Å². The molecule has 0 radical (unpaired) electrons. The average Bonchev–Trinajstić information content (AvgIpc) is 2.44. The number of ether oxygens (including phenoxy) is 1. The van der Waals surface area contributed by atoms with Crippen LogP contribution in [0.2, 0.25) is 0 Å². The molecule has 4 heteroatoms. The molecule has 0 amide bonds. The molecule has 2 aromatic carbocycles. The Morgan fingerprint density at radius 3 is 2.45 bits per heavy atom. The number of rotatable bonds is 6. The van der Waals surface area contributed by atoms with Crippen molar-refractivity contribution in [2.45, 2.75) is 19.7 Å². The summed E-state index contributed by atoms with van der Waals surface area (Å²) in [5, 5.41) is 3.31. The maximum absolute atomic E-state index is 13.4. The third-order valence-corrected chi connectivity index (χ3v) is 3.59. The first-order valence-corrected chi connectivity index (χ1v) is 7.20. The summed E-state index contributed by atoms with van der Waals surface area (Å²) in [5.41, 5.74) is 3.28. The van der Waals surface area contributed by atoms with Crippen LogP contribution in [0.1, 0.15) is 16.7 Å². The van der Waals surface area contributed by atoms with Crippen molar-refractivity contribution in [1.29, 1.82) is 0 Å². The molecule has 1 N–H and O–H groups in total. The number of hydrogen-bond acceptors (Lipinski definition) is 2. The van der Waals surface area contributed by atoms with Crippen LogP contribution in [-0.4, -0.2) is 7.11 Å². The third-order valence-electron chi connectivity index (χ3n) is 2.94. The van der Waals surface area contributed by atoms with E-state index >= 15 is 0 Å². The van der Waals surface area contributed by atoms with Crippen molar-refractivity contribution in [1.82, 2.24) is 5.32 Å². The number of nitrogens with one attached hydrogen (secondary N) is 1. The summed E-state index contributed by atoms with van der Waals surface area (Å²) in [6.45, 7) is 2.00. The highest BCUT2D eigenvalue weighted by molar-refractivity contribution is 9.10.